The molecule has 0 aliphatic heterocycles. The largest absolute Gasteiger partial charge is 0.394 e. The summed E-state index contributed by atoms with van der Waals surface area (Å²) in [6.45, 7) is 4.11. The average molecular weight is 458 g/mol. The van der Waals surface area contributed by atoms with Gasteiger partial charge in [-0.25, -0.2) is 0 Å². The SMILES string of the molecule is C[C@@H](CCc1ccccc1)C[C@H](C)C1=C(CCCCCCC(=O)NC(CO)CO)C(=O)CC1. The zero-order valence-electron chi connectivity index (χ0n) is 20.5. The number of rotatable bonds is 16. The molecule has 5 heteroatoms. The van der Waals surface area contributed by atoms with E-state index in [-0.39, 0.29) is 19.1 Å². The Labute approximate surface area is 199 Å². The highest BCUT2D eigenvalue weighted by Crippen LogP contribution is 2.35. The summed E-state index contributed by atoms with van der Waals surface area (Å²) in [7, 11) is 0. The van der Waals surface area contributed by atoms with Gasteiger partial charge in [0.15, 0.2) is 5.78 Å². The predicted octanol–water partition coefficient (Wildman–Crippen LogP) is 4.75. The number of aliphatic hydroxyl groups excluding tert-OH is 2. The van der Waals surface area contributed by atoms with Crippen molar-refractivity contribution in [3.8, 4) is 0 Å². The third-order valence-corrected chi connectivity index (χ3v) is 6.85. The fourth-order valence-electron chi connectivity index (χ4n) is 4.88. The maximum atomic E-state index is 12.5. The smallest absolute Gasteiger partial charge is 0.220 e. The predicted molar refractivity (Wildman–Crippen MR) is 133 cm³/mol. The summed E-state index contributed by atoms with van der Waals surface area (Å²) < 4.78 is 0. The number of aliphatic hydroxyl groups is 2. The number of hydrogen-bond acceptors (Lipinski definition) is 4. The van der Waals surface area contributed by atoms with Crippen molar-refractivity contribution >= 4 is 11.7 Å². The van der Waals surface area contributed by atoms with Crippen molar-refractivity contribution < 1.29 is 19.8 Å². The van der Waals surface area contributed by atoms with Gasteiger partial charge >= 0.3 is 0 Å². The highest BCUT2D eigenvalue weighted by Gasteiger charge is 2.26. The van der Waals surface area contributed by atoms with Crippen LogP contribution in [0.4, 0.5) is 0 Å². The molecule has 184 valence electrons. The lowest BCUT2D eigenvalue weighted by atomic mass is 9.85. The second-order valence-corrected chi connectivity index (χ2v) is 9.74. The Balaban J connectivity index is 1.71. The van der Waals surface area contributed by atoms with Gasteiger partial charge in [0.05, 0.1) is 19.3 Å². The minimum Gasteiger partial charge on any atom is -0.394 e. The molecule has 3 N–H and O–H groups in total. The first-order valence-corrected chi connectivity index (χ1v) is 12.7. The maximum Gasteiger partial charge on any atom is 0.220 e. The van der Waals surface area contributed by atoms with Crippen molar-refractivity contribution in [2.75, 3.05) is 13.2 Å². The highest BCUT2D eigenvalue weighted by molar-refractivity contribution is 5.98. The van der Waals surface area contributed by atoms with Crippen LogP contribution in [-0.2, 0) is 16.0 Å². The fraction of sp³-hybridized carbons (Fsp3) is 0.643. The molecule has 1 aliphatic carbocycles. The number of allylic oxidation sites excluding steroid dienone is 2. The van der Waals surface area contributed by atoms with Crippen molar-refractivity contribution in [1.29, 1.82) is 0 Å². The lowest BCUT2D eigenvalue weighted by Crippen LogP contribution is -2.39. The monoisotopic (exact) mass is 457 g/mol. The Hall–Kier alpha value is -1.98. The fourth-order valence-corrected chi connectivity index (χ4v) is 4.88. The molecule has 33 heavy (non-hydrogen) atoms. The van der Waals surface area contributed by atoms with Gasteiger partial charge in [-0.3, -0.25) is 9.59 Å². The van der Waals surface area contributed by atoms with Gasteiger partial charge in [-0.15, -0.1) is 0 Å². The van der Waals surface area contributed by atoms with Gasteiger partial charge in [0.25, 0.3) is 0 Å². The van der Waals surface area contributed by atoms with Crippen molar-refractivity contribution in [1.82, 2.24) is 5.32 Å². The van der Waals surface area contributed by atoms with Gasteiger partial charge in [-0.2, -0.15) is 0 Å². The Bertz CT molecular complexity index is 754. The summed E-state index contributed by atoms with van der Waals surface area (Å²) in [6.07, 6.45) is 10.00. The molecule has 0 fully saturated rings. The van der Waals surface area contributed by atoms with Crippen LogP contribution in [0.2, 0.25) is 0 Å². The number of nitrogens with one attached hydrogen (secondary N) is 1. The van der Waals surface area contributed by atoms with Crippen LogP contribution in [-0.4, -0.2) is 41.2 Å². The molecule has 0 aromatic heterocycles. The summed E-state index contributed by atoms with van der Waals surface area (Å²) in [4.78, 5) is 24.3. The Kier molecular flexibility index (Phi) is 12.4. The second-order valence-electron chi connectivity index (χ2n) is 9.74. The lowest BCUT2D eigenvalue weighted by molar-refractivity contribution is -0.122. The van der Waals surface area contributed by atoms with Crippen LogP contribution in [0.3, 0.4) is 0 Å². The van der Waals surface area contributed by atoms with E-state index < -0.39 is 6.04 Å². The van der Waals surface area contributed by atoms with Gasteiger partial charge in [0.1, 0.15) is 0 Å². The Morgan fingerprint density at radius 3 is 2.36 bits per heavy atom. The summed E-state index contributed by atoms with van der Waals surface area (Å²) in [5, 5.41) is 20.7. The molecule has 2 atom stereocenters. The molecule has 0 radical (unpaired) electrons. The third-order valence-electron chi connectivity index (χ3n) is 6.85. The zero-order chi connectivity index (χ0) is 24.1. The number of ketones is 1. The number of benzene rings is 1. The van der Waals surface area contributed by atoms with E-state index in [1.807, 2.05) is 0 Å². The van der Waals surface area contributed by atoms with Crippen molar-refractivity contribution in [2.45, 2.75) is 90.5 Å². The minimum atomic E-state index is -0.570. The number of Topliss-reactive ketones (excluding diaryl/α,β-unsaturated/α-hetero) is 1. The van der Waals surface area contributed by atoms with E-state index in [0.29, 0.717) is 30.5 Å². The molecule has 0 saturated carbocycles. The van der Waals surface area contributed by atoms with Crippen molar-refractivity contribution in [2.24, 2.45) is 11.8 Å². The Morgan fingerprint density at radius 2 is 1.67 bits per heavy atom. The van der Waals surface area contributed by atoms with E-state index in [2.05, 4.69) is 49.5 Å². The number of aryl methyl sites for hydroxylation is 1. The second kappa shape index (κ2) is 15.0. The molecule has 1 amide bonds. The molecule has 2 rings (SSSR count). The minimum absolute atomic E-state index is 0.130. The van der Waals surface area contributed by atoms with Gasteiger partial charge in [0, 0.05) is 12.8 Å². The quantitative estimate of drug-likeness (QED) is 0.313. The van der Waals surface area contributed by atoms with Crippen LogP contribution in [0.1, 0.15) is 83.6 Å². The molecular weight excluding hydrogens is 414 g/mol. The number of unbranched alkanes of at least 4 members (excludes halogenated alkanes) is 3. The van der Waals surface area contributed by atoms with Gasteiger partial charge in [-0.05, 0) is 67.9 Å². The van der Waals surface area contributed by atoms with Crippen molar-refractivity contribution in [3.63, 3.8) is 0 Å². The van der Waals surface area contributed by atoms with Crippen LogP contribution >= 0.6 is 0 Å². The molecule has 1 aliphatic rings. The number of hydrogen-bond donors (Lipinski definition) is 3. The molecule has 0 saturated heterocycles. The van der Waals surface area contributed by atoms with E-state index in [1.54, 1.807) is 0 Å². The summed E-state index contributed by atoms with van der Waals surface area (Å²) in [5.41, 5.74) is 3.88. The van der Waals surface area contributed by atoms with Crippen LogP contribution in [0.15, 0.2) is 41.5 Å². The topological polar surface area (TPSA) is 86.6 Å². The first kappa shape index (κ1) is 27.3. The van der Waals surface area contributed by atoms with E-state index in [0.717, 1.165) is 56.9 Å². The first-order chi connectivity index (χ1) is 15.9. The molecule has 5 nitrogen and oxygen atoms in total. The summed E-state index contributed by atoms with van der Waals surface area (Å²) >= 11 is 0. The maximum absolute atomic E-state index is 12.5. The number of amides is 1. The van der Waals surface area contributed by atoms with Crippen LogP contribution in [0.5, 0.6) is 0 Å². The first-order valence-electron chi connectivity index (χ1n) is 12.7. The molecule has 0 heterocycles. The lowest BCUT2D eigenvalue weighted by Gasteiger charge is -2.20. The highest BCUT2D eigenvalue weighted by atomic mass is 16.3. The normalized spacial score (nSPS) is 15.8. The van der Waals surface area contributed by atoms with Crippen LogP contribution < -0.4 is 5.32 Å². The molecule has 1 aromatic carbocycles. The molecule has 0 unspecified atom stereocenters. The summed E-state index contributed by atoms with van der Waals surface area (Å²) in [5.74, 6) is 1.31. The molecule has 1 aromatic rings. The molecular formula is C28H43NO4. The van der Waals surface area contributed by atoms with E-state index in [4.69, 9.17) is 10.2 Å². The van der Waals surface area contributed by atoms with E-state index in [1.165, 1.54) is 17.6 Å². The Morgan fingerprint density at radius 1 is 0.970 bits per heavy atom. The van der Waals surface area contributed by atoms with Gasteiger partial charge in [0.2, 0.25) is 5.91 Å². The summed E-state index contributed by atoms with van der Waals surface area (Å²) in [6, 6.07) is 10.1. The van der Waals surface area contributed by atoms with E-state index in [9.17, 15) is 9.59 Å². The molecule has 0 bridgehead atoms. The zero-order valence-corrected chi connectivity index (χ0v) is 20.5. The third kappa shape index (κ3) is 9.81. The van der Waals surface area contributed by atoms with Gasteiger partial charge < -0.3 is 15.5 Å². The van der Waals surface area contributed by atoms with Gasteiger partial charge in [-0.1, -0.05) is 62.6 Å². The van der Waals surface area contributed by atoms with Crippen LogP contribution in [0.25, 0.3) is 0 Å². The molecule has 0 spiro atoms. The van der Waals surface area contributed by atoms with Crippen molar-refractivity contribution in [3.05, 3.63) is 47.0 Å². The standard InChI is InChI=1S/C28H43NO4/c1-21(14-15-23-10-6-5-7-11-23)18-22(2)25-16-17-27(32)26(25)12-8-3-4-9-13-28(33)29-24(19-30)20-31/h5-7,10-11,21-22,24,30-31H,3-4,8-9,12-20H2,1-2H3,(H,29,33)/t21-,22-/m0/s1. The van der Waals surface area contributed by atoms with E-state index >= 15 is 0 Å². The average Bonchev–Trinajstić information content (AvgIpc) is 3.19. The van der Waals surface area contributed by atoms with Crippen LogP contribution in [0, 0.1) is 11.8 Å². The number of carbonyl (C=O) groups excluding carboxylic acids is 2. The number of carbonyl (C=O) groups is 2.